The van der Waals surface area contributed by atoms with E-state index in [4.69, 9.17) is 0 Å². The van der Waals surface area contributed by atoms with Crippen molar-refractivity contribution in [3.05, 3.63) is 18.2 Å². The predicted molar refractivity (Wildman–Crippen MR) is 42.4 cm³/mol. The SMILES string of the molecule is CC(C)(O)c1n[c]cn1CC(F)(F)F. The summed E-state index contributed by atoms with van der Waals surface area (Å²) in [5, 5.41) is 9.48. The molecule has 0 atom stereocenters. The Bertz CT molecular complexity index is 311. The van der Waals surface area contributed by atoms with Crippen LogP contribution in [0.2, 0.25) is 0 Å². The number of hydrogen-bond donors (Lipinski definition) is 1. The van der Waals surface area contributed by atoms with Crippen LogP contribution in [0.15, 0.2) is 6.20 Å². The number of hydrogen-bond acceptors (Lipinski definition) is 2. The maximum Gasteiger partial charge on any atom is 0.406 e. The highest BCUT2D eigenvalue weighted by molar-refractivity contribution is 5.01. The van der Waals surface area contributed by atoms with Gasteiger partial charge in [-0.2, -0.15) is 13.2 Å². The molecule has 1 rings (SSSR count). The van der Waals surface area contributed by atoms with Gasteiger partial charge in [0.05, 0.1) is 0 Å². The number of halogens is 3. The van der Waals surface area contributed by atoms with E-state index in [-0.39, 0.29) is 5.82 Å². The summed E-state index contributed by atoms with van der Waals surface area (Å²) in [4.78, 5) is 3.56. The van der Waals surface area contributed by atoms with Crippen LogP contribution in [-0.4, -0.2) is 20.8 Å². The van der Waals surface area contributed by atoms with Gasteiger partial charge in [-0.05, 0) is 13.8 Å². The van der Waals surface area contributed by atoms with Crippen LogP contribution in [0.1, 0.15) is 19.7 Å². The molecule has 0 aliphatic rings. The fourth-order valence-corrected chi connectivity index (χ4v) is 1.09. The van der Waals surface area contributed by atoms with Crippen LogP contribution in [0.4, 0.5) is 13.2 Å². The molecule has 1 aromatic rings. The van der Waals surface area contributed by atoms with Crippen molar-refractivity contribution in [1.29, 1.82) is 0 Å². The molecule has 1 aromatic heterocycles. The largest absolute Gasteiger partial charge is 0.406 e. The highest BCUT2D eigenvalue weighted by Gasteiger charge is 2.31. The lowest BCUT2D eigenvalue weighted by atomic mass is 10.1. The summed E-state index contributed by atoms with van der Waals surface area (Å²) in [5.74, 6) is -0.0465. The summed E-state index contributed by atoms with van der Waals surface area (Å²) in [6.07, 6.45) is -0.974. The van der Waals surface area contributed by atoms with Gasteiger partial charge in [0.25, 0.3) is 0 Å². The molecule has 0 aliphatic carbocycles. The first-order valence-electron chi connectivity index (χ1n) is 3.93. The highest BCUT2D eigenvalue weighted by Crippen LogP contribution is 2.22. The van der Waals surface area contributed by atoms with Gasteiger partial charge in [-0.25, -0.2) is 4.98 Å². The Kier molecular flexibility index (Phi) is 2.58. The first kappa shape index (κ1) is 11.0. The molecule has 0 spiro atoms. The van der Waals surface area contributed by atoms with Gasteiger partial charge in [-0.1, -0.05) is 0 Å². The van der Waals surface area contributed by atoms with Crippen molar-refractivity contribution < 1.29 is 18.3 Å². The van der Waals surface area contributed by atoms with E-state index < -0.39 is 18.3 Å². The molecule has 1 N–H and O–H groups in total. The Labute approximate surface area is 79.2 Å². The molecule has 0 saturated carbocycles. The molecule has 0 saturated heterocycles. The van der Waals surface area contributed by atoms with Gasteiger partial charge in [0.15, 0.2) is 0 Å². The average Bonchev–Trinajstić information content (AvgIpc) is 2.29. The minimum absolute atomic E-state index is 0.0465. The van der Waals surface area contributed by atoms with E-state index in [2.05, 4.69) is 11.2 Å². The summed E-state index contributed by atoms with van der Waals surface area (Å²) in [5.41, 5.74) is -1.40. The van der Waals surface area contributed by atoms with Crippen LogP contribution < -0.4 is 0 Å². The summed E-state index contributed by atoms with van der Waals surface area (Å²) < 4.78 is 37.0. The molecule has 0 aliphatic heterocycles. The minimum Gasteiger partial charge on any atom is -0.383 e. The maximum absolute atomic E-state index is 12.0. The summed E-state index contributed by atoms with van der Waals surface area (Å²) in [6, 6.07) is 0. The topological polar surface area (TPSA) is 38.1 Å². The van der Waals surface area contributed by atoms with Crippen LogP contribution in [0, 0.1) is 6.20 Å². The van der Waals surface area contributed by atoms with Gasteiger partial charge in [0.1, 0.15) is 24.2 Å². The van der Waals surface area contributed by atoms with Crippen molar-refractivity contribution in [2.75, 3.05) is 0 Å². The van der Waals surface area contributed by atoms with Gasteiger partial charge >= 0.3 is 6.18 Å². The zero-order chi connectivity index (χ0) is 11.0. The molecule has 0 unspecified atom stereocenters. The number of aliphatic hydroxyl groups is 1. The smallest absolute Gasteiger partial charge is 0.383 e. The molecular weight excluding hydrogens is 197 g/mol. The molecule has 0 bridgehead atoms. The summed E-state index contributed by atoms with van der Waals surface area (Å²) in [7, 11) is 0. The minimum atomic E-state index is -4.32. The molecule has 3 nitrogen and oxygen atoms in total. The van der Waals surface area contributed by atoms with E-state index in [1.165, 1.54) is 13.8 Å². The van der Waals surface area contributed by atoms with Gasteiger partial charge < -0.3 is 9.67 Å². The average molecular weight is 207 g/mol. The molecule has 79 valence electrons. The van der Waals surface area contributed by atoms with Crippen molar-refractivity contribution in [3.8, 4) is 0 Å². The van der Waals surface area contributed by atoms with E-state index in [1.54, 1.807) is 0 Å². The van der Waals surface area contributed by atoms with Crippen LogP contribution in [0.25, 0.3) is 0 Å². The van der Waals surface area contributed by atoms with Gasteiger partial charge in [0, 0.05) is 6.20 Å². The number of rotatable bonds is 2. The van der Waals surface area contributed by atoms with E-state index in [0.717, 1.165) is 10.8 Å². The van der Waals surface area contributed by atoms with E-state index in [1.807, 2.05) is 0 Å². The monoisotopic (exact) mass is 207 g/mol. The van der Waals surface area contributed by atoms with Gasteiger partial charge in [-0.3, -0.25) is 0 Å². The van der Waals surface area contributed by atoms with Crippen LogP contribution in [-0.2, 0) is 12.1 Å². The number of alkyl halides is 3. The highest BCUT2D eigenvalue weighted by atomic mass is 19.4. The quantitative estimate of drug-likeness (QED) is 0.797. The third kappa shape index (κ3) is 2.73. The summed E-state index contributed by atoms with van der Waals surface area (Å²) >= 11 is 0. The van der Waals surface area contributed by atoms with Crippen LogP contribution in [0.3, 0.4) is 0 Å². The standard InChI is InChI=1S/C8H10F3N2O/c1-7(2,14)6-12-3-4-13(6)5-8(9,10)11/h4,14H,5H2,1-2H3. The molecular formula is C8H10F3N2O. The lowest BCUT2D eigenvalue weighted by molar-refractivity contribution is -0.142. The number of imidazole rings is 1. The van der Waals surface area contributed by atoms with E-state index in [0.29, 0.717) is 0 Å². The molecule has 1 heterocycles. The number of aromatic nitrogens is 2. The molecule has 0 fully saturated rings. The molecule has 0 amide bonds. The Hall–Kier alpha value is -1.04. The molecule has 6 heteroatoms. The first-order chi connectivity index (χ1) is 6.20. The van der Waals surface area contributed by atoms with Crippen molar-refractivity contribution in [3.63, 3.8) is 0 Å². The second-order valence-corrected chi connectivity index (χ2v) is 3.50. The Morgan fingerprint density at radius 3 is 2.50 bits per heavy atom. The zero-order valence-electron chi connectivity index (χ0n) is 7.76. The van der Waals surface area contributed by atoms with E-state index >= 15 is 0 Å². The van der Waals surface area contributed by atoms with E-state index in [9.17, 15) is 18.3 Å². The lowest BCUT2D eigenvalue weighted by Gasteiger charge is -2.19. The lowest BCUT2D eigenvalue weighted by Crippen LogP contribution is -2.26. The maximum atomic E-state index is 12.0. The van der Waals surface area contributed by atoms with Crippen LogP contribution in [0.5, 0.6) is 0 Å². The number of nitrogens with zero attached hydrogens (tertiary/aromatic N) is 2. The molecule has 0 aromatic carbocycles. The normalized spacial score (nSPS) is 13.3. The van der Waals surface area contributed by atoms with Crippen LogP contribution >= 0.6 is 0 Å². The van der Waals surface area contributed by atoms with Crippen molar-refractivity contribution >= 4 is 0 Å². The Morgan fingerprint density at radius 2 is 2.07 bits per heavy atom. The third-order valence-corrected chi connectivity index (χ3v) is 1.55. The van der Waals surface area contributed by atoms with Gasteiger partial charge in [-0.15, -0.1) is 0 Å². The second-order valence-electron chi connectivity index (χ2n) is 3.50. The van der Waals surface area contributed by atoms with Crippen molar-refractivity contribution in [2.45, 2.75) is 32.2 Å². The Morgan fingerprint density at radius 1 is 1.50 bits per heavy atom. The van der Waals surface area contributed by atoms with Crippen molar-refractivity contribution in [2.24, 2.45) is 0 Å². The summed E-state index contributed by atoms with van der Waals surface area (Å²) in [6.45, 7) is 1.58. The van der Waals surface area contributed by atoms with Crippen molar-refractivity contribution in [1.82, 2.24) is 9.55 Å². The predicted octanol–water partition coefficient (Wildman–Crippen LogP) is 1.47. The second kappa shape index (κ2) is 3.27. The molecule has 1 radical (unpaired) electrons. The fraction of sp³-hybridized carbons (Fsp3) is 0.625. The fourth-order valence-electron chi connectivity index (χ4n) is 1.09. The Balaban J connectivity index is 2.95. The third-order valence-electron chi connectivity index (χ3n) is 1.55. The zero-order valence-corrected chi connectivity index (χ0v) is 7.76. The van der Waals surface area contributed by atoms with Gasteiger partial charge in [0.2, 0.25) is 0 Å². The molecule has 14 heavy (non-hydrogen) atoms. The first-order valence-corrected chi connectivity index (χ1v) is 3.93.